The fraction of sp³-hybridized carbons (Fsp3) is 0.375. The summed E-state index contributed by atoms with van der Waals surface area (Å²) in [6.07, 6.45) is 5.02. The van der Waals surface area contributed by atoms with Gasteiger partial charge in [0.05, 0.1) is 5.52 Å². The third kappa shape index (κ3) is 2.33. The molecule has 0 spiro atoms. The van der Waals surface area contributed by atoms with E-state index in [1.807, 2.05) is 0 Å². The van der Waals surface area contributed by atoms with Crippen molar-refractivity contribution in [1.29, 1.82) is 0 Å². The van der Waals surface area contributed by atoms with E-state index < -0.39 is 0 Å². The Kier molecular flexibility index (Phi) is 3.54. The highest BCUT2D eigenvalue weighted by atomic mass is 16.5. The quantitative estimate of drug-likeness (QED) is 0.711. The number of hydrogen-bond acceptors (Lipinski definition) is 3. The molecule has 20 heavy (non-hydrogen) atoms. The standard InChI is InChI=1S/C16H19N3O/c1-3-6-14-17-15(20-18-14)11-19-10-9-13-8-5-7-12(4-2)16(13)19/h5,7-10H,3-4,6,11H2,1-2H3. The van der Waals surface area contributed by atoms with Crippen LogP contribution in [0.15, 0.2) is 35.0 Å². The Morgan fingerprint density at radius 3 is 2.90 bits per heavy atom. The number of aryl methyl sites for hydroxylation is 2. The molecule has 0 bridgehead atoms. The highest BCUT2D eigenvalue weighted by Gasteiger charge is 2.10. The topological polar surface area (TPSA) is 43.9 Å². The van der Waals surface area contributed by atoms with Gasteiger partial charge in [0.2, 0.25) is 5.89 Å². The van der Waals surface area contributed by atoms with Gasteiger partial charge in [-0.1, -0.05) is 37.2 Å². The molecule has 104 valence electrons. The molecule has 0 fully saturated rings. The van der Waals surface area contributed by atoms with Crippen LogP contribution >= 0.6 is 0 Å². The van der Waals surface area contributed by atoms with E-state index in [0.29, 0.717) is 12.4 Å². The fourth-order valence-corrected chi connectivity index (χ4v) is 2.58. The largest absolute Gasteiger partial charge is 0.338 e. The molecule has 0 saturated carbocycles. The van der Waals surface area contributed by atoms with Crippen molar-refractivity contribution in [2.75, 3.05) is 0 Å². The number of nitrogens with zero attached hydrogens (tertiary/aromatic N) is 3. The predicted molar refractivity (Wildman–Crippen MR) is 78.7 cm³/mol. The van der Waals surface area contributed by atoms with Crippen LogP contribution in [0.2, 0.25) is 0 Å². The average molecular weight is 269 g/mol. The summed E-state index contributed by atoms with van der Waals surface area (Å²) in [6.45, 7) is 4.93. The molecule has 0 saturated heterocycles. The Labute approximate surface area is 118 Å². The second kappa shape index (κ2) is 5.49. The summed E-state index contributed by atoms with van der Waals surface area (Å²) in [5, 5.41) is 5.27. The van der Waals surface area contributed by atoms with Crippen LogP contribution in [0.5, 0.6) is 0 Å². The molecule has 2 heterocycles. The Bertz CT molecular complexity index is 711. The van der Waals surface area contributed by atoms with Gasteiger partial charge in [-0.05, 0) is 29.9 Å². The van der Waals surface area contributed by atoms with Crippen LogP contribution in [-0.4, -0.2) is 14.7 Å². The van der Waals surface area contributed by atoms with E-state index in [0.717, 1.165) is 25.1 Å². The minimum atomic E-state index is 0.636. The van der Waals surface area contributed by atoms with E-state index in [1.165, 1.54) is 16.5 Å². The molecule has 0 aliphatic carbocycles. The Hall–Kier alpha value is -2.10. The van der Waals surface area contributed by atoms with Gasteiger partial charge in [0.25, 0.3) is 0 Å². The maximum atomic E-state index is 5.33. The van der Waals surface area contributed by atoms with E-state index in [1.54, 1.807) is 0 Å². The van der Waals surface area contributed by atoms with Gasteiger partial charge >= 0.3 is 0 Å². The average Bonchev–Trinajstić information content (AvgIpc) is 3.07. The second-order valence-corrected chi connectivity index (χ2v) is 5.01. The molecule has 3 rings (SSSR count). The van der Waals surface area contributed by atoms with Crippen molar-refractivity contribution in [2.24, 2.45) is 0 Å². The summed E-state index contributed by atoms with van der Waals surface area (Å²) in [5.41, 5.74) is 2.62. The first-order chi connectivity index (χ1) is 9.81. The van der Waals surface area contributed by atoms with Gasteiger partial charge in [-0.25, -0.2) is 0 Å². The molecule has 4 heteroatoms. The monoisotopic (exact) mass is 269 g/mol. The van der Waals surface area contributed by atoms with Crippen LogP contribution < -0.4 is 0 Å². The third-order valence-electron chi connectivity index (χ3n) is 3.54. The first kappa shape index (κ1) is 12.9. The van der Waals surface area contributed by atoms with Crippen LogP contribution in [0.1, 0.15) is 37.5 Å². The van der Waals surface area contributed by atoms with Gasteiger partial charge < -0.3 is 9.09 Å². The van der Waals surface area contributed by atoms with Crippen LogP contribution in [0.4, 0.5) is 0 Å². The van der Waals surface area contributed by atoms with Crippen molar-refractivity contribution in [2.45, 2.75) is 39.7 Å². The van der Waals surface area contributed by atoms with Crippen molar-refractivity contribution in [1.82, 2.24) is 14.7 Å². The molecule has 0 aliphatic heterocycles. The van der Waals surface area contributed by atoms with E-state index >= 15 is 0 Å². The SMILES string of the molecule is CCCc1noc(Cn2ccc3cccc(CC)c32)n1. The van der Waals surface area contributed by atoms with E-state index in [4.69, 9.17) is 4.52 Å². The molecule has 3 aromatic rings. The Morgan fingerprint density at radius 2 is 2.10 bits per heavy atom. The van der Waals surface area contributed by atoms with Gasteiger partial charge in [-0.15, -0.1) is 0 Å². The number of rotatable bonds is 5. The number of benzene rings is 1. The summed E-state index contributed by atoms with van der Waals surface area (Å²) >= 11 is 0. The molecule has 1 aromatic carbocycles. The summed E-state index contributed by atoms with van der Waals surface area (Å²) in [6, 6.07) is 8.56. The highest BCUT2D eigenvalue weighted by Crippen LogP contribution is 2.21. The maximum Gasteiger partial charge on any atom is 0.246 e. The van der Waals surface area contributed by atoms with Gasteiger partial charge in [0.1, 0.15) is 6.54 Å². The lowest BCUT2D eigenvalue weighted by atomic mass is 10.1. The molecule has 0 amide bonds. The minimum Gasteiger partial charge on any atom is -0.338 e. The number of para-hydroxylation sites is 1. The normalized spacial score (nSPS) is 11.3. The zero-order valence-corrected chi connectivity index (χ0v) is 12.0. The van der Waals surface area contributed by atoms with E-state index in [9.17, 15) is 0 Å². The predicted octanol–water partition coefficient (Wildman–Crippen LogP) is 3.59. The maximum absolute atomic E-state index is 5.33. The Morgan fingerprint density at radius 1 is 1.20 bits per heavy atom. The van der Waals surface area contributed by atoms with Crippen LogP contribution in [-0.2, 0) is 19.4 Å². The van der Waals surface area contributed by atoms with Crippen molar-refractivity contribution >= 4 is 10.9 Å². The third-order valence-corrected chi connectivity index (χ3v) is 3.54. The van der Waals surface area contributed by atoms with Crippen molar-refractivity contribution in [3.63, 3.8) is 0 Å². The molecular formula is C16H19N3O. The number of hydrogen-bond donors (Lipinski definition) is 0. The zero-order chi connectivity index (χ0) is 13.9. The number of aromatic nitrogens is 3. The van der Waals surface area contributed by atoms with Gasteiger partial charge in [0.15, 0.2) is 5.82 Å². The smallest absolute Gasteiger partial charge is 0.246 e. The summed E-state index contributed by atoms with van der Waals surface area (Å²) in [5.74, 6) is 1.48. The lowest BCUT2D eigenvalue weighted by Crippen LogP contribution is -2.00. The van der Waals surface area contributed by atoms with Crippen molar-refractivity contribution in [3.05, 3.63) is 47.7 Å². The molecular weight excluding hydrogens is 250 g/mol. The van der Waals surface area contributed by atoms with Gasteiger partial charge in [-0.2, -0.15) is 4.98 Å². The highest BCUT2D eigenvalue weighted by molar-refractivity contribution is 5.83. The molecule has 0 N–H and O–H groups in total. The van der Waals surface area contributed by atoms with Crippen LogP contribution in [0, 0.1) is 0 Å². The lowest BCUT2D eigenvalue weighted by molar-refractivity contribution is 0.367. The number of fused-ring (bicyclic) bond motifs is 1. The Balaban J connectivity index is 1.93. The zero-order valence-electron chi connectivity index (χ0n) is 12.0. The second-order valence-electron chi connectivity index (χ2n) is 5.01. The van der Waals surface area contributed by atoms with Crippen molar-refractivity contribution < 1.29 is 4.52 Å². The first-order valence-electron chi connectivity index (χ1n) is 7.20. The molecule has 0 aliphatic rings. The van der Waals surface area contributed by atoms with E-state index in [-0.39, 0.29) is 0 Å². The van der Waals surface area contributed by atoms with E-state index in [2.05, 4.69) is 59.0 Å². The van der Waals surface area contributed by atoms with Gasteiger partial charge in [0, 0.05) is 12.6 Å². The molecule has 4 nitrogen and oxygen atoms in total. The fourth-order valence-electron chi connectivity index (χ4n) is 2.58. The molecule has 0 unspecified atom stereocenters. The van der Waals surface area contributed by atoms with Gasteiger partial charge in [-0.3, -0.25) is 0 Å². The lowest BCUT2D eigenvalue weighted by Gasteiger charge is -2.06. The minimum absolute atomic E-state index is 0.636. The summed E-state index contributed by atoms with van der Waals surface area (Å²) in [4.78, 5) is 4.44. The van der Waals surface area contributed by atoms with Crippen molar-refractivity contribution in [3.8, 4) is 0 Å². The summed E-state index contributed by atoms with van der Waals surface area (Å²) < 4.78 is 7.52. The molecule has 0 atom stereocenters. The van der Waals surface area contributed by atoms with Crippen LogP contribution in [0.3, 0.4) is 0 Å². The molecule has 2 aromatic heterocycles. The molecule has 0 radical (unpaired) electrons. The summed E-state index contributed by atoms with van der Waals surface area (Å²) in [7, 11) is 0. The first-order valence-corrected chi connectivity index (χ1v) is 7.20. The van der Waals surface area contributed by atoms with Crippen LogP contribution in [0.25, 0.3) is 10.9 Å².